The maximum atomic E-state index is 13.1. The Balaban J connectivity index is 1.89. The number of amides is 2. The Hall–Kier alpha value is -2.52. The average molecular weight is 377 g/mol. The Morgan fingerprint density at radius 1 is 1.33 bits per heavy atom. The Labute approximate surface area is 156 Å². The maximum absolute atomic E-state index is 13.1. The summed E-state index contributed by atoms with van der Waals surface area (Å²) in [6.45, 7) is 0.746. The second-order valence-corrected chi connectivity index (χ2v) is 6.80. The van der Waals surface area contributed by atoms with Gasteiger partial charge in [0.05, 0.1) is 36.2 Å². The van der Waals surface area contributed by atoms with Crippen molar-refractivity contribution in [3.8, 4) is 5.75 Å². The van der Waals surface area contributed by atoms with Crippen molar-refractivity contribution >= 4 is 23.2 Å². The highest BCUT2D eigenvalue weighted by Gasteiger charge is 2.45. The van der Waals surface area contributed by atoms with Gasteiger partial charge in [0, 0.05) is 18.7 Å². The van der Waals surface area contributed by atoms with E-state index in [4.69, 9.17) is 4.74 Å². The van der Waals surface area contributed by atoms with Crippen molar-refractivity contribution in [3.63, 3.8) is 0 Å². The molecule has 27 heavy (non-hydrogen) atoms. The number of carbonyl (C=O) groups is 2. The molecular weight excluding hydrogens is 354 g/mol. The molecule has 0 radical (unpaired) electrons. The Morgan fingerprint density at radius 3 is 2.78 bits per heavy atom. The highest BCUT2D eigenvalue weighted by molar-refractivity contribution is 6.23. The number of non-ortho nitro benzene ring substituents is 1. The van der Waals surface area contributed by atoms with Gasteiger partial charge in [-0.1, -0.05) is 6.42 Å². The molecule has 0 aromatic heterocycles. The average Bonchev–Trinajstić information content (AvgIpc) is 2.96. The van der Waals surface area contributed by atoms with E-state index in [1.807, 2.05) is 4.90 Å². The van der Waals surface area contributed by atoms with Crippen molar-refractivity contribution in [2.24, 2.45) is 0 Å². The summed E-state index contributed by atoms with van der Waals surface area (Å²) < 4.78 is 5.19. The van der Waals surface area contributed by atoms with Gasteiger partial charge in [-0.15, -0.1) is 0 Å². The number of hydrogen-bond donors (Lipinski definition) is 1. The van der Waals surface area contributed by atoms with Crippen molar-refractivity contribution in [3.05, 3.63) is 28.3 Å². The molecule has 2 aliphatic heterocycles. The van der Waals surface area contributed by atoms with E-state index in [2.05, 4.69) is 0 Å². The summed E-state index contributed by atoms with van der Waals surface area (Å²) in [6.07, 6.45) is 3.50. The van der Waals surface area contributed by atoms with Crippen molar-refractivity contribution in [2.75, 3.05) is 25.2 Å². The number of likely N-dealkylation sites (tertiary alicyclic amines) is 1. The summed E-state index contributed by atoms with van der Waals surface area (Å²) in [5.41, 5.74) is 0.0432. The molecule has 146 valence electrons. The number of anilines is 1. The summed E-state index contributed by atoms with van der Waals surface area (Å²) in [7, 11) is 1.34. The Kier molecular flexibility index (Phi) is 5.71. The van der Waals surface area contributed by atoms with Crippen molar-refractivity contribution in [1.29, 1.82) is 0 Å². The lowest BCUT2D eigenvalue weighted by molar-refractivity contribution is -0.384. The summed E-state index contributed by atoms with van der Waals surface area (Å²) in [6, 6.07) is 3.33. The third-order valence-corrected chi connectivity index (χ3v) is 5.27. The molecule has 1 aromatic rings. The Bertz CT molecular complexity index is 751. The van der Waals surface area contributed by atoms with Crippen LogP contribution < -0.4 is 9.64 Å². The van der Waals surface area contributed by atoms with Gasteiger partial charge in [0.25, 0.3) is 11.6 Å². The second-order valence-electron chi connectivity index (χ2n) is 6.80. The number of carbonyl (C=O) groups excluding carboxylic acids is 2. The number of aliphatic hydroxyl groups excluding tert-OH is 1. The fraction of sp³-hybridized carbons (Fsp3) is 0.556. The highest BCUT2D eigenvalue weighted by Crippen LogP contribution is 2.37. The molecule has 2 aliphatic rings. The van der Waals surface area contributed by atoms with Crippen LogP contribution in [0.15, 0.2) is 18.2 Å². The molecule has 2 heterocycles. The topological polar surface area (TPSA) is 113 Å². The fourth-order valence-corrected chi connectivity index (χ4v) is 3.98. The van der Waals surface area contributed by atoms with Crippen LogP contribution in [-0.4, -0.2) is 59.1 Å². The number of nitro benzene ring substituents is 1. The zero-order valence-electron chi connectivity index (χ0n) is 15.2. The standard InChI is InChI=1S/C18H23N3O6/c1-27-16-10-13(21(25)26)5-6-14(16)20-17(23)11-15(18(20)24)19-8-3-2-4-12(19)7-9-22/h5-6,10,12,15,22H,2-4,7-9,11H2,1H3/t12-,15+/m0/s1. The number of benzene rings is 1. The van der Waals surface area contributed by atoms with Gasteiger partial charge in [0.1, 0.15) is 5.75 Å². The van der Waals surface area contributed by atoms with Gasteiger partial charge in [0.2, 0.25) is 5.91 Å². The second kappa shape index (κ2) is 8.01. The lowest BCUT2D eigenvalue weighted by Gasteiger charge is -2.38. The first-order chi connectivity index (χ1) is 13.0. The lowest BCUT2D eigenvalue weighted by atomic mass is 9.97. The van der Waals surface area contributed by atoms with Gasteiger partial charge >= 0.3 is 0 Å². The van der Waals surface area contributed by atoms with Crippen LogP contribution in [0.2, 0.25) is 0 Å². The first kappa shape index (κ1) is 19.2. The van der Waals surface area contributed by atoms with Crippen molar-refractivity contribution in [1.82, 2.24) is 4.90 Å². The minimum atomic E-state index is -0.575. The van der Waals surface area contributed by atoms with Crippen molar-refractivity contribution in [2.45, 2.75) is 44.2 Å². The first-order valence-corrected chi connectivity index (χ1v) is 9.03. The molecule has 2 fully saturated rings. The van der Waals surface area contributed by atoms with Gasteiger partial charge in [-0.2, -0.15) is 0 Å². The van der Waals surface area contributed by atoms with E-state index in [0.717, 1.165) is 24.2 Å². The number of nitrogens with zero attached hydrogens (tertiary/aromatic N) is 3. The fourth-order valence-electron chi connectivity index (χ4n) is 3.98. The minimum absolute atomic E-state index is 0.0376. The van der Waals surface area contributed by atoms with E-state index in [1.54, 1.807) is 0 Å². The van der Waals surface area contributed by atoms with Crippen LogP contribution in [0.25, 0.3) is 0 Å². The molecule has 2 saturated heterocycles. The third-order valence-electron chi connectivity index (χ3n) is 5.27. The minimum Gasteiger partial charge on any atom is -0.494 e. The van der Waals surface area contributed by atoms with Crippen LogP contribution in [-0.2, 0) is 9.59 Å². The molecule has 3 rings (SSSR count). The predicted octanol–water partition coefficient (Wildman–Crippen LogP) is 1.47. The number of hydrogen-bond acceptors (Lipinski definition) is 7. The summed E-state index contributed by atoms with van der Waals surface area (Å²) in [5.74, 6) is -0.598. The largest absolute Gasteiger partial charge is 0.494 e. The molecule has 9 heteroatoms. The molecule has 0 bridgehead atoms. The molecule has 0 saturated carbocycles. The number of ether oxygens (including phenoxy) is 1. The van der Waals surface area contributed by atoms with E-state index in [0.29, 0.717) is 13.0 Å². The number of piperidine rings is 1. The van der Waals surface area contributed by atoms with E-state index >= 15 is 0 Å². The summed E-state index contributed by atoms with van der Waals surface area (Å²) in [4.78, 5) is 39.2. The monoisotopic (exact) mass is 377 g/mol. The van der Waals surface area contributed by atoms with Crippen LogP contribution >= 0.6 is 0 Å². The van der Waals surface area contributed by atoms with Crippen molar-refractivity contribution < 1.29 is 24.4 Å². The number of aliphatic hydroxyl groups is 1. The van der Waals surface area contributed by atoms with E-state index in [-0.39, 0.29) is 48.0 Å². The first-order valence-electron chi connectivity index (χ1n) is 9.03. The van der Waals surface area contributed by atoms with Crippen LogP contribution in [0.4, 0.5) is 11.4 Å². The van der Waals surface area contributed by atoms with Crippen LogP contribution in [0.3, 0.4) is 0 Å². The van der Waals surface area contributed by atoms with E-state index < -0.39 is 11.0 Å². The number of nitro groups is 1. The quantitative estimate of drug-likeness (QED) is 0.454. The normalized spacial score (nSPS) is 23.7. The highest BCUT2D eigenvalue weighted by atomic mass is 16.6. The smallest absolute Gasteiger partial charge is 0.273 e. The summed E-state index contributed by atoms with van der Waals surface area (Å²) in [5, 5.41) is 20.3. The van der Waals surface area contributed by atoms with Gasteiger partial charge < -0.3 is 9.84 Å². The zero-order chi connectivity index (χ0) is 19.6. The Morgan fingerprint density at radius 2 is 2.11 bits per heavy atom. The number of imide groups is 1. The molecule has 9 nitrogen and oxygen atoms in total. The third kappa shape index (κ3) is 3.65. The molecule has 0 aliphatic carbocycles. The number of rotatable bonds is 6. The van der Waals surface area contributed by atoms with Gasteiger partial charge in [-0.25, -0.2) is 4.90 Å². The SMILES string of the molecule is COc1cc([N+](=O)[O-])ccc1N1C(=O)C[C@@H](N2CCCC[C@H]2CCO)C1=O. The molecule has 2 atom stereocenters. The predicted molar refractivity (Wildman–Crippen MR) is 96.6 cm³/mol. The van der Waals surface area contributed by atoms with Crippen LogP contribution in [0.1, 0.15) is 32.1 Å². The van der Waals surface area contributed by atoms with E-state index in [9.17, 15) is 24.8 Å². The van der Waals surface area contributed by atoms with Gasteiger partial charge in [0.15, 0.2) is 0 Å². The summed E-state index contributed by atoms with van der Waals surface area (Å²) >= 11 is 0. The molecule has 1 aromatic carbocycles. The molecule has 2 amide bonds. The lowest BCUT2D eigenvalue weighted by Crippen LogP contribution is -2.50. The molecule has 1 N–H and O–H groups in total. The molecule has 0 unspecified atom stereocenters. The van der Waals surface area contributed by atoms with E-state index in [1.165, 1.54) is 25.3 Å². The van der Waals surface area contributed by atoms with Crippen LogP contribution in [0.5, 0.6) is 5.75 Å². The van der Waals surface area contributed by atoms with Gasteiger partial charge in [-0.05, 0) is 31.9 Å². The van der Waals surface area contributed by atoms with Gasteiger partial charge in [-0.3, -0.25) is 24.6 Å². The zero-order valence-corrected chi connectivity index (χ0v) is 15.2. The number of methoxy groups -OCH3 is 1. The molecular formula is C18H23N3O6. The maximum Gasteiger partial charge on any atom is 0.273 e. The van der Waals surface area contributed by atoms with Crippen LogP contribution in [0, 0.1) is 10.1 Å². The molecule has 0 spiro atoms.